The number of hydrogen-bond acceptors (Lipinski definition) is 5. The van der Waals surface area contributed by atoms with Crippen LogP contribution in [0.4, 0.5) is 0 Å². The summed E-state index contributed by atoms with van der Waals surface area (Å²) in [6.45, 7) is -0.366. The minimum absolute atomic E-state index is 0.182. The minimum atomic E-state index is -0.751. The number of nitrogens with one attached hydrogen (secondary N) is 2. The van der Waals surface area contributed by atoms with Crippen molar-refractivity contribution in [1.29, 1.82) is 0 Å². The van der Waals surface area contributed by atoms with Crippen LogP contribution in [0.3, 0.4) is 0 Å². The van der Waals surface area contributed by atoms with E-state index in [0.717, 1.165) is 0 Å². The summed E-state index contributed by atoms with van der Waals surface area (Å²) < 4.78 is 0. The van der Waals surface area contributed by atoms with Crippen molar-refractivity contribution < 1.29 is 25.0 Å². The number of carbonyl (C=O) groups is 2. The van der Waals surface area contributed by atoms with E-state index in [-0.39, 0.29) is 30.0 Å². The lowest BCUT2D eigenvalue weighted by molar-refractivity contribution is -0.131. The highest BCUT2D eigenvalue weighted by atomic mass is 16.5. The third kappa shape index (κ3) is 3.65. The van der Waals surface area contributed by atoms with Gasteiger partial charge in [0.1, 0.15) is 0 Å². The molecule has 0 atom stereocenters. The van der Waals surface area contributed by atoms with Gasteiger partial charge in [0.15, 0.2) is 11.5 Å². The van der Waals surface area contributed by atoms with Crippen LogP contribution in [0, 0.1) is 0 Å². The van der Waals surface area contributed by atoms with Crippen LogP contribution >= 0.6 is 0 Å². The van der Waals surface area contributed by atoms with E-state index in [0.29, 0.717) is 0 Å². The van der Waals surface area contributed by atoms with Gasteiger partial charge in [-0.2, -0.15) is 0 Å². The summed E-state index contributed by atoms with van der Waals surface area (Å²) in [5, 5.41) is 29.0. The fourth-order valence-electron chi connectivity index (χ4n) is 1.17. The van der Waals surface area contributed by atoms with Gasteiger partial charge in [0.05, 0.1) is 13.0 Å². The standard InChI is InChI=1S/C10H12N2O5/c13-7-3-1-2-6(10(7)16)4-8(14)11-5-9(15)12-17/h1-3,13,16-17H,4-5H2,(H,11,14)(H,12,15). The fourth-order valence-corrected chi connectivity index (χ4v) is 1.17. The van der Waals surface area contributed by atoms with Crippen molar-refractivity contribution in [2.45, 2.75) is 6.42 Å². The highest BCUT2D eigenvalue weighted by Gasteiger charge is 2.11. The number of phenolic OH excluding ortho intramolecular Hbond substituents is 2. The van der Waals surface area contributed by atoms with Crippen LogP contribution in [-0.4, -0.2) is 33.8 Å². The van der Waals surface area contributed by atoms with Gasteiger partial charge in [0.2, 0.25) is 5.91 Å². The van der Waals surface area contributed by atoms with Crippen LogP contribution in [0.1, 0.15) is 5.56 Å². The third-order valence-corrected chi connectivity index (χ3v) is 2.02. The molecule has 92 valence electrons. The van der Waals surface area contributed by atoms with E-state index in [1.54, 1.807) is 0 Å². The van der Waals surface area contributed by atoms with Crippen molar-refractivity contribution in [2.24, 2.45) is 0 Å². The molecule has 7 heteroatoms. The van der Waals surface area contributed by atoms with Crippen molar-refractivity contribution in [3.63, 3.8) is 0 Å². The monoisotopic (exact) mass is 240 g/mol. The van der Waals surface area contributed by atoms with E-state index in [1.165, 1.54) is 23.7 Å². The Hall–Kier alpha value is -2.28. The molecule has 0 unspecified atom stereocenters. The molecule has 7 nitrogen and oxygen atoms in total. The van der Waals surface area contributed by atoms with Gasteiger partial charge in [-0.25, -0.2) is 5.48 Å². The van der Waals surface area contributed by atoms with E-state index in [4.69, 9.17) is 5.21 Å². The maximum absolute atomic E-state index is 11.3. The van der Waals surface area contributed by atoms with Crippen molar-refractivity contribution >= 4 is 11.8 Å². The Labute approximate surface area is 96.7 Å². The summed E-state index contributed by atoms with van der Waals surface area (Å²) in [6.07, 6.45) is -0.182. The van der Waals surface area contributed by atoms with Crippen LogP contribution in [0.5, 0.6) is 11.5 Å². The van der Waals surface area contributed by atoms with Crippen molar-refractivity contribution in [2.75, 3.05) is 6.54 Å². The number of para-hydroxylation sites is 1. The van der Waals surface area contributed by atoms with Crippen molar-refractivity contribution in [1.82, 2.24) is 10.8 Å². The predicted molar refractivity (Wildman–Crippen MR) is 56.4 cm³/mol. The molecular formula is C10H12N2O5. The first kappa shape index (κ1) is 12.8. The number of phenols is 2. The number of amides is 2. The van der Waals surface area contributed by atoms with Gasteiger partial charge in [-0.1, -0.05) is 12.1 Å². The lowest BCUT2D eigenvalue weighted by Gasteiger charge is -2.06. The zero-order valence-electron chi connectivity index (χ0n) is 8.80. The average molecular weight is 240 g/mol. The third-order valence-electron chi connectivity index (χ3n) is 2.02. The maximum atomic E-state index is 11.3. The van der Waals surface area contributed by atoms with Gasteiger partial charge < -0.3 is 15.5 Å². The second-order valence-electron chi connectivity index (χ2n) is 3.27. The van der Waals surface area contributed by atoms with Gasteiger partial charge in [-0.3, -0.25) is 14.8 Å². The lowest BCUT2D eigenvalue weighted by Crippen LogP contribution is -2.36. The molecule has 5 N–H and O–H groups in total. The molecule has 0 fully saturated rings. The largest absolute Gasteiger partial charge is 0.504 e. The molecule has 1 aromatic rings. The smallest absolute Gasteiger partial charge is 0.262 e. The van der Waals surface area contributed by atoms with E-state index < -0.39 is 11.8 Å². The first-order valence-electron chi connectivity index (χ1n) is 4.74. The van der Waals surface area contributed by atoms with Crippen molar-refractivity contribution in [3.8, 4) is 11.5 Å². The van der Waals surface area contributed by atoms with Crippen LogP contribution in [0.25, 0.3) is 0 Å². The molecule has 0 aliphatic rings. The van der Waals surface area contributed by atoms with E-state index in [2.05, 4.69) is 5.32 Å². The average Bonchev–Trinajstić information content (AvgIpc) is 2.32. The molecule has 0 saturated carbocycles. The highest BCUT2D eigenvalue weighted by Crippen LogP contribution is 2.28. The molecule has 0 bridgehead atoms. The SMILES string of the molecule is O=C(CNC(=O)Cc1cccc(O)c1O)NO. The van der Waals surface area contributed by atoms with E-state index >= 15 is 0 Å². The highest BCUT2D eigenvalue weighted by molar-refractivity contribution is 5.85. The van der Waals surface area contributed by atoms with E-state index in [9.17, 15) is 19.8 Å². The summed E-state index contributed by atoms with van der Waals surface area (Å²) >= 11 is 0. The van der Waals surface area contributed by atoms with Crippen LogP contribution in [0.2, 0.25) is 0 Å². The Bertz CT molecular complexity index is 433. The van der Waals surface area contributed by atoms with Gasteiger partial charge in [-0.05, 0) is 6.07 Å². The molecule has 0 spiro atoms. The lowest BCUT2D eigenvalue weighted by atomic mass is 10.1. The number of rotatable bonds is 4. The first-order valence-corrected chi connectivity index (χ1v) is 4.74. The number of hydroxylamine groups is 1. The number of carbonyl (C=O) groups excluding carboxylic acids is 2. The molecule has 17 heavy (non-hydrogen) atoms. The Morgan fingerprint density at radius 3 is 2.53 bits per heavy atom. The Kier molecular flexibility index (Phi) is 4.29. The van der Waals surface area contributed by atoms with Crippen LogP contribution in [0.15, 0.2) is 18.2 Å². The second-order valence-corrected chi connectivity index (χ2v) is 3.27. The summed E-state index contributed by atoms with van der Waals surface area (Å²) in [4.78, 5) is 22.0. The molecule has 0 heterocycles. The molecule has 0 aliphatic heterocycles. The van der Waals surface area contributed by atoms with Crippen LogP contribution in [-0.2, 0) is 16.0 Å². The summed E-state index contributed by atoms with van der Waals surface area (Å²) in [5.74, 6) is -1.95. The quantitative estimate of drug-likeness (QED) is 0.270. The number of benzene rings is 1. The van der Waals surface area contributed by atoms with E-state index in [1.807, 2.05) is 0 Å². The topological polar surface area (TPSA) is 119 Å². The zero-order chi connectivity index (χ0) is 12.8. The molecule has 0 aromatic heterocycles. The molecule has 0 aliphatic carbocycles. The van der Waals surface area contributed by atoms with Gasteiger partial charge in [-0.15, -0.1) is 0 Å². The molecule has 1 rings (SSSR count). The Balaban J connectivity index is 2.56. The summed E-state index contributed by atoms with van der Waals surface area (Å²) in [7, 11) is 0. The molecule has 0 saturated heterocycles. The molecule has 1 aromatic carbocycles. The first-order chi connectivity index (χ1) is 8.04. The minimum Gasteiger partial charge on any atom is -0.504 e. The summed E-state index contributed by atoms with van der Waals surface area (Å²) in [5.41, 5.74) is 1.60. The number of hydrogen-bond donors (Lipinski definition) is 5. The van der Waals surface area contributed by atoms with Crippen molar-refractivity contribution in [3.05, 3.63) is 23.8 Å². The Morgan fingerprint density at radius 2 is 1.88 bits per heavy atom. The normalized spacial score (nSPS) is 9.71. The van der Waals surface area contributed by atoms with Crippen LogP contribution < -0.4 is 10.8 Å². The fraction of sp³-hybridized carbons (Fsp3) is 0.200. The molecule has 2 amide bonds. The van der Waals surface area contributed by atoms with Gasteiger partial charge in [0, 0.05) is 5.56 Å². The zero-order valence-corrected chi connectivity index (χ0v) is 8.80. The number of aromatic hydroxyl groups is 2. The maximum Gasteiger partial charge on any atom is 0.262 e. The molecule has 0 radical (unpaired) electrons. The van der Waals surface area contributed by atoms with Gasteiger partial charge >= 0.3 is 0 Å². The summed E-state index contributed by atoms with van der Waals surface area (Å²) in [6, 6.07) is 4.24. The predicted octanol–water partition coefficient (Wildman–Crippen LogP) is -0.738. The second kappa shape index (κ2) is 5.71. The Morgan fingerprint density at radius 1 is 1.18 bits per heavy atom. The van der Waals surface area contributed by atoms with Gasteiger partial charge in [0.25, 0.3) is 5.91 Å². The molecular weight excluding hydrogens is 228 g/mol.